The summed E-state index contributed by atoms with van der Waals surface area (Å²) in [6, 6.07) is 38.9. The van der Waals surface area contributed by atoms with E-state index in [2.05, 4.69) is 107 Å². The lowest BCUT2D eigenvalue weighted by molar-refractivity contribution is 0.578. The van der Waals surface area contributed by atoms with Gasteiger partial charge in [-0.1, -0.05) is 72.8 Å². The van der Waals surface area contributed by atoms with Gasteiger partial charge in [0.2, 0.25) is 0 Å². The summed E-state index contributed by atoms with van der Waals surface area (Å²) in [6.07, 6.45) is 12.4. The second kappa shape index (κ2) is 11.4. The van der Waals surface area contributed by atoms with Gasteiger partial charge in [0.05, 0.1) is 0 Å². The third-order valence-corrected chi connectivity index (χ3v) is 12.8. The number of hydrogen-bond donors (Lipinski definition) is 0. The van der Waals surface area contributed by atoms with E-state index in [4.69, 9.17) is 0 Å². The average Bonchev–Trinajstić information content (AvgIpc) is 3.81. The number of hydrogen-bond acceptors (Lipinski definition) is 2. The van der Waals surface area contributed by atoms with Gasteiger partial charge in [-0.3, -0.25) is 0 Å². The van der Waals surface area contributed by atoms with Crippen LogP contribution in [0.15, 0.2) is 97.1 Å². The van der Waals surface area contributed by atoms with Crippen molar-refractivity contribution in [2.75, 3.05) is 36.0 Å². The van der Waals surface area contributed by atoms with Crippen molar-refractivity contribution >= 4 is 54.5 Å². The third-order valence-electron chi connectivity index (χ3n) is 12.8. The molecule has 2 heterocycles. The topological polar surface area (TPSA) is 6.48 Å². The summed E-state index contributed by atoms with van der Waals surface area (Å²) in [4.78, 5) is 5.28. The highest BCUT2D eigenvalue weighted by Crippen LogP contribution is 2.50. The molecule has 0 unspecified atom stereocenters. The van der Waals surface area contributed by atoms with Crippen molar-refractivity contribution in [1.29, 1.82) is 0 Å². The van der Waals surface area contributed by atoms with Gasteiger partial charge < -0.3 is 9.80 Å². The first-order valence-electron chi connectivity index (χ1n) is 19.4. The van der Waals surface area contributed by atoms with Crippen LogP contribution in [0.1, 0.15) is 60.8 Å². The lowest BCUT2D eigenvalue weighted by atomic mass is 9.82. The van der Waals surface area contributed by atoms with Gasteiger partial charge in [0, 0.05) is 37.6 Å². The molecule has 0 bridgehead atoms. The van der Waals surface area contributed by atoms with E-state index in [1.54, 1.807) is 0 Å². The van der Waals surface area contributed by atoms with Crippen LogP contribution in [0.2, 0.25) is 0 Å². The van der Waals surface area contributed by atoms with Gasteiger partial charge in [-0.05, 0) is 176 Å². The first kappa shape index (κ1) is 29.0. The van der Waals surface area contributed by atoms with E-state index in [1.165, 1.54) is 137 Å². The van der Waals surface area contributed by atoms with Crippen LogP contribution < -0.4 is 9.80 Å². The van der Waals surface area contributed by atoms with Crippen molar-refractivity contribution in [2.24, 2.45) is 0 Å². The molecule has 2 nitrogen and oxygen atoms in total. The van der Waals surface area contributed by atoms with Crippen LogP contribution in [0.3, 0.4) is 0 Å². The molecule has 0 N–H and O–H groups in total. The second-order valence-corrected chi connectivity index (χ2v) is 15.5. The van der Waals surface area contributed by atoms with E-state index >= 15 is 0 Å². The van der Waals surface area contributed by atoms with Gasteiger partial charge in [-0.2, -0.15) is 0 Å². The minimum Gasteiger partial charge on any atom is -0.372 e. The molecule has 11 rings (SSSR count). The van der Waals surface area contributed by atoms with Gasteiger partial charge in [0.15, 0.2) is 0 Å². The molecule has 2 fully saturated rings. The zero-order valence-electron chi connectivity index (χ0n) is 29.0. The Morgan fingerprint density at radius 3 is 1.20 bits per heavy atom. The lowest BCUT2D eigenvalue weighted by Gasteiger charge is -2.31. The van der Waals surface area contributed by atoms with Crippen molar-refractivity contribution in [3.63, 3.8) is 0 Å². The van der Waals surface area contributed by atoms with Gasteiger partial charge in [-0.25, -0.2) is 0 Å². The number of rotatable bonds is 4. The molecule has 0 spiro atoms. The Bertz CT molecular complexity index is 2310. The predicted octanol–water partition coefficient (Wildman–Crippen LogP) is 11.8. The highest BCUT2D eigenvalue weighted by atomic mass is 15.1. The monoisotopic (exact) mass is 648 g/mol. The Labute approximate surface area is 295 Å². The summed E-state index contributed by atoms with van der Waals surface area (Å²) in [6.45, 7) is 4.60. The predicted molar refractivity (Wildman–Crippen MR) is 214 cm³/mol. The number of piperidine rings is 2. The van der Waals surface area contributed by atoms with Gasteiger partial charge in [-0.15, -0.1) is 0 Å². The molecule has 0 atom stereocenters. The Hall–Kier alpha value is -4.82. The SMILES string of the molecule is c1cc2c3c(ccc(-c4c5ccc(N6CCCCC6)cc5c(-c5ccc6c7c(cccc57)CC6)c5ccc(N6CCCCC6)cc45)c3c1)CC2. The highest BCUT2D eigenvalue weighted by molar-refractivity contribution is 6.26. The van der Waals surface area contributed by atoms with Crippen LogP contribution in [0.4, 0.5) is 11.4 Å². The van der Waals surface area contributed by atoms with Gasteiger partial charge >= 0.3 is 0 Å². The molecule has 0 saturated carbocycles. The summed E-state index contributed by atoms with van der Waals surface area (Å²) in [7, 11) is 0. The summed E-state index contributed by atoms with van der Waals surface area (Å²) >= 11 is 0. The minimum absolute atomic E-state index is 1.15. The molecular weight excluding hydrogens is 605 g/mol. The minimum atomic E-state index is 1.15. The van der Waals surface area contributed by atoms with E-state index in [0.717, 1.165) is 51.9 Å². The van der Waals surface area contributed by atoms with Crippen LogP contribution in [-0.2, 0) is 25.7 Å². The number of aryl methyl sites for hydroxylation is 4. The number of benzene rings is 7. The van der Waals surface area contributed by atoms with Crippen molar-refractivity contribution in [1.82, 2.24) is 0 Å². The Morgan fingerprint density at radius 2 is 0.760 bits per heavy atom. The molecule has 7 aromatic carbocycles. The maximum absolute atomic E-state index is 2.64. The van der Waals surface area contributed by atoms with E-state index in [-0.39, 0.29) is 0 Å². The number of nitrogens with zero attached hydrogens (tertiary/aromatic N) is 2. The molecule has 0 radical (unpaired) electrons. The van der Waals surface area contributed by atoms with Crippen molar-refractivity contribution in [2.45, 2.75) is 64.2 Å². The number of fused-ring (bicyclic) bond motifs is 2. The highest BCUT2D eigenvalue weighted by Gasteiger charge is 2.25. The molecule has 7 aromatic rings. The second-order valence-electron chi connectivity index (χ2n) is 15.5. The molecule has 2 aliphatic heterocycles. The molecule has 50 heavy (non-hydrogen) atoms. The molecule has 0 amide bonds. The van der Waals surface area contributed by atoms with Crippen molar-refractivity contribution in [3.8, 4) is 22.3 Å². The molecular formula is C48H44N2. The van der Waals surface area contributed by atoms with Crippen LogP contribution in [-0.4, -0.2) is 26.2 Å². The number of anilines is 2. The zero-order chi connectivity index (χ0) is 32.8. The van der Waals surface area contributed by atoms with Gasteiger partial charge in [0.25, 0.3) is 0 Å². The van der Waals surface area contributed by atoms with E-state index < -0.39 is 0 Å². The maximum atomic E-state index is 2.64. The van der Waals surface area contributed by atoms with E-state index in [9.17, 15) is 0 Å². The quantitative estimate of drug-likeness (QED) is 0.175. The summed E-state index contributed by atoms with van der Waals surface area (Å²) in [5.74, 6) is 0. The molecule has 2 heteroatoms. The normalized spacial score (nSPS) is 17.2. The van der Waals surface area contributed by atoms with Crippen LogP contribution >= 0.6 is 0 Å². The Balaban J connectivity index is 1.29. The van der Waals surface area contributed by atoms with Crippen LogP contribution in [0.25, 0.3) is 65.3 Å². The van der Waals surface area contributed by atoms with Crippen molar-refractivity contribution < 1.29 is 0 Å². The maximum Gasteiger partial charge on any atom is 0.0372 e. The van der Waals surface area contributed by atoms with E-state index in [0.29, 0.717) is 0 Å². The molecule has 246 valence electrons. The standard InChI is InChI=1S/C48H44N2/c1-3-25-49(26-4-1)35-19-23-41-43(29-35)47(39-21-17-33-15-13-31-9-7-11-37(39)45(31)33)42-24-20-36(50-27-5-2-6-28-50)30-44(42)48(41)40-22-18-34-16-14-32-10-8-12-38(40)46(32)34/h7-12,17-24,29-30H,1-6,13-16,25-28H2. The average molecular weight is 649 g/mol. The lowest BCUT2D eigenvalue weighted by Crippen LogP contribution is -2.29. The fourth-order valence-corrected chi connectivity index (χ4v) is 10.4. The summed E-state index contributed by atoms with van der Waals surface area (Å²) < 4.78 is 0. The largest absolute Gasteiger partial charge is 0.372 e. The fourth-order valence-electron chi connectivity index (χ4n) is 10.4. The van der Waals surface area contributed by atoms with Crippen LogP contribution in [0, 0.1) is 0 Å². The summed E-state index contributed by atoms with van der Waals surface area (Å²) in [5.41, 5.74) is 14.4. The molecule has 0 aromatic heterocycles. The summed E-state index contributed by atoms with van der Waals surface area (Å²) in [5, 5.41) is 11.4. The molecule has 2 aliphatic carbocycles. The van der Waals surface area contributed by atoms with Gasteiger partial charge in [0.1, 0.15) is 0 Å². The zero-order valence-corrected chi connectivity index (χ0v) is 29.0. The van der Waals surface area contributed by atoms with E-state index in [1.807, 2.05) is 0 Å². The Kier molecular flexibility index (Phi) is 6.58. The molecule has 4 aliphatic rings. The van der Waals surface area contributed by atoms with Crippen molar-refractivity contribution in [3.05, 3.63) is 119 Å². The van der Waals surface area contributed by atoms with Crippen LogP contribution in [0.5, 0.6) is 0 Å². The molecule has 2 saturated heterocycles. The first-order chi connectivity index (χ1) is 24.8. The smallest absolute Gasteiger partial charge is 0.0372 e. The Morgan fingerprint density at radius 1 is 0.340 bits per heavy atom. The first-order valence-corrected chi connectivity index (χ1v) is 19.4. The fraction of sp³-hybridized carbons (Fsp3) is 0.292. The third kappa shape index (κ3) is 4.33.